The molecule has 6 heteroatoms. The summed E-state index contributed by atoms with van der Waals surface area (Å²) < 4.78 is 14.9. The van der Waals surface area contributed by atoms with Crippen LogP contribution in [0, 0.1) is 5.82 Å². The van der Waals surface area contributed by atoms with Gasteiger partial charge < -0.3 is 0 Å². The lowest BCUT2D eigenvalue weighted by atomic mass is 9.80. The number of hydrogen-bond acceptors (Lipinski definition) is 4. The summed E-state index contributed by atoms with van der Waals surface area (Å²) in [5.41, 5.74) is -1.03. The number of benzene rings is 2. The first kappa shape index (κ1) is 17.0. The highest BCUT2D eigenvalue weighted by Crippen LogP contribution is 2.46. The minimum absolute atomic E-state index is 0.137. The average molecular weight is 362 g/mol. The number of ketones is 2. The van der Waals surface area contributed by atoms with Crippen LogP contribution in [0.5, 0.6) is 0 Å². The summed E-state index contributed by atoms with van der Waals surface area (Å²) in [4.78, 5) is 39.7. The van der Waals surface area contributed by atoms with E-state index in [0.29, 0.717) is 11.1 Å². The van der Waals surface area contributed by atoms with E-state index in [2.05, 4.69) is 5.10 Å². The summed E-state index contributed by atoms with van der Waals surface area (Å²) in [6, 6.07) is 10.5. The molecule has 1 aliphatic carbocycles. The first-order valence-electron chi connectivity index (χ1n) is 8.39. The van der Waals surface area contributed by atoms with E-state index in [-0.39, 0.29) is 16.7 Å². The topological polar surface area (TPSA) is 66.8 Å². The van der Waals surface area contributed by atoms with Gasteiger partial charge in [-0.05, 0) is 19.9 Å². The van der Waals surface area contributed by atoms with Gasteiger partial charge in [0.15, 0.2) is 0 Å². The van der Waals surface area contributed by atoms with Gasteiger partial charge in [-0.25, -0.2) is 9.40 Å². The van der Waals surface area contributed by atoms with E-state index in [1.165, 1.54) is 36.6 Å². The van der Waals surface area contributed by atoms with Crippen LogP contribution in [-0.2, 0) is 10.3 Å². The summed E-state index contributed by atoms with van der Waals surface area (Å²) in [7, 11) is 0. The number of hydrogen-bond donors (Lipinski definition) is 0. The molecule has 1 heterocycles. The molecule has 1 amide bonds. The maximum Gasteiger partial charge on any atom is 0.268 e. The lowest BCUT2D eigenvalue weighted by Crippen LogP contribution is -2.56. The van der Waals surface area contributed by atoms with Crippen LogP contribution in [0.1, 0.15) is 45.7 Å². The van der Waals surface area contributed by atoms with E-state index in [1.807, 2.05) is 0 Å². The van der Waals surface area contributed by atoms with Crippen molar-refractivity contribution in [3.8, 4) is 0 Å². The zero-order chi connectivity index (χ0) is 19.3. The fraction of sp³-hybridized carbons (Fsp3) is 0.143. The van der Waals surface area contributed by atoms with Gasteiger partial charge in [0, 0.05) is 28.3 Å². The van der Waals surface area contributed by atoms with Crippen LogP contribution in [0.3, 0.4) is 0 Å². The molecule has 134 valence electrons. The van der Waals surface area contributed by atoms with E-state index in [1.54, 1.807) is 32.0 Å². The van der Waals surface area contributed by atoms with Crippen molar-refractivity contribution >= 4 is 23.7 Å². The Hall–Kier alpha value is -3.41. The zero-order valence-corrected chi connectivity index (χ0v) is 14.7. The Morgan fingerprint density at radius 3 is 2.26 bits per heavy atom. The second-order valence-corrected chi connectivity index (χ2v) is 6.73. The Morgan fingerprint density at radius 1 is 1.04 bits per heavy atom. The van der Waals surface area contributed by atoms with Gasteiger partial charge in [0.25, 0.3) is 5.91 Å². The third kappa shape index (κ3) is 2.16. The van der Waals surface area contributed by atoms with Crippen LogP contribution >= 0.6 is 0 Å². The second-order valence-electron chi connectivity index (χ2n) is 6.73. The van der Waals surface area contributed by atoms with Crippen LogP contribution in [0.15, 0.2) is 59.2 Å². The van der Waals surface area contributed by atoms with Crippen molar-refractivity contribution in [3.63, 3.8) is 0 Å². The smallest absolute Gasteiger partial charge is 0.268 e. The molecule has 2 aliphatic rings. The van der Waals surface area contributed by atoms with E-state index in [4.69, 9.17) is 0 Å². The van der Waals surface area contributed by atoms with Gasteiger partial charge in [-0.1, -0.05) is 42.0 Å². The standard InChI is InChI=1S/C21H15FN2O3/c1-12(2)10-17(25)24-21(18-13(11-23-24)6-5-9-16(18)22)19(26)14-7-3-4-8-15(14)20(21)27/h3-11H,1-2H3. The number of hydrazone groups is 1. The van der Waals surface area contributed by atoms with Crippen molar-refractivity contribution in [3.05, 3.63) is 82.2 Å². The monoisotopic (exact) mass is 362 g/mol. The van der Waals surface area contributed by atoms with Crippen LogP contribution in [-0.4, -0.2) is 28.7 Å². The molecule has 4 rings (SSSR count). The highest BCUT2D eigenvalue weighted by molar-refractivity contribution is 6.34. The number of carbonyl (C=O) groups is 3. The van der Waals surface area contributed by atoms with Crippen LogP contribution in [0.25, 0.3) is 0 Å². The van der Waals surface area contributed by atoms with Gasteiger partial charge in [-0.2, -0.15) is 5.10 Å². The molecule has 2 aromatic rings. The van der Waals surface area contributed by atoms with Crippen molar-refractivity contribution in [1.29, 1.82) is 0 Å². The highest BCUT2D eigenvalue weighted by Gasteiger charge is 2.62. The normalized spacial score (nSPS) is 16.3. The molecule has 1 spiro atoms. The molecule has 0 radical (unpaired) electrons. The zero-order valence-electron chi connectivity index (χ0n) is 14.7. The fourth-order valence-electron chi connectivity index (χ4n) is 3.66. The third-order valence-electron chi connectivity index (χ3n) is 4.73. The lowest BCUT2D eigenvalue weighted by Gasteiger charge is -2.38. The first-order chi connectivity index (χ1) is 12.9. The summed E-state index contributed by atoms with van der Waals surface area (Å²) in [5.74, 6) is -2.69. The highest BCUT2D eigenvalue weighted by atomic mass is 19.1. The number of halogens is 1. The van der Waals surface area contributed by atoms with Crippen molar-refractivity contribution in [2.75, 3.05) is 0 Å². The minimum atomic E-state index is -2.16. The van der Waals surface area contributed by atoms with Gasteiger partial charge in [-0.3, -0.25) is 14.4 Å². The molecule has 0 saturated heterocycles. The van der Waals surface area contributed by atoms with Crippen molar-refractivity contribution in [1.82, 2.24) is 5.01 Å². The largest absolute Gasteiger partial charge is 0.290 e. The molecule has 1 aliphatic heterocycles. The average Bonchev–Trinajstić information content (AvgIpc) is 2.85. The third-order valence-corrected chi connectivity index (χ3v) is 4.73. The Kier molecular flexibility index (Phi) is 3.66. The van der Waals surface area contributed by atoms with E-state index >= 15 is 0 Å². The van der Waals surface area contributed by atoms with E-state index in [9.17, 15) is 18.8 Å². The van der Waals surface area contributed by atoms with E-state index < -0.39 is 28.8 Å². The molecule has 0 N–H and O–H groups in total. The second kappa shape index (κ2) is 5.81. The van der Waals surface area contributed by atoms with Crippen molar-refractivity contribution in [2.24, 2.45) is 5.10 Å². The predicted molar refractivity (Wildman–Crippen MR) is 97.1 cm³/mol. The quantitative estimate of drug-likeness (QED) is 0.578. The molecule has 0 atom stereocenters. The number of allylic oxidation sites excluding steroid dienone is 1. The number of amides is 1. The minimum Gasteiger partial charge on any atom is -0.290 e. The molecule has 2 aromatic carbocycles. The number of carbonyl (C=O) groups excluding carboxylic acids is 3. The van der Waals surface area contributed by atoms with Gasteiger partial charge in [0.2, 0.25) is 17.1 Å². The fourth-order valence-corrected chi connectivity index (χ4v) is 3.66. The summed E-state index contributed by atoms with van der Waals surface area (Å²) in [5, 5.41) is 4.91. The first-order valence-corrected chi connectivity index (χ1v) is 8.39. The number of Topliss-reactive ketones (excluding diaryl/α,β-unsaturated/α-hetero) is 2. The van der Waals surface area contributed by atoms with Crippen LogP contribution < -0.4 is 0 Å². The van der Waals surface area contributed by atoms with Gasteiger partial charge in [0.1, 0.15) is 5.82 Å². The molecule has 27 heavy (non-hydrogen) atoms. The summed E-state index contributed by atoms with van der Waals surface area (Å²) in [6.45, 7) is 3.42. The summed E-state index contributed by atoms with van der Waals surface area (Å²) in [6.07, 6.45) is 2.57. The van der Waals surface area contributed by atoms with Crippen LogP contribution in [0.4, 0.5) is 4.39 Å². The number of rotatable bonds is 1. The van der Waals surface area contributed by atoms with Crippen LogP contribution in [0.2, 0.25) is 0 Å². The Morgan fingerprint density at radius 2 is 1.67 bits per heavy atom. The molecule has 5 nitrogen and oxygen atoms in total. The molecule has 0 unspecified atom stereocenters. The van der Waals surface area contributed by atoms with Gasteiger partial charge in [-0.15, -0.1) is 0 Å². The molecular weight excluding hydrogens is 347 g/mol. The van der Waals surface area contributed by atoms with Crippen molar-refractivity contribution in [2.45, 2.75) is 19.4 Å². The lowest BCUT2D eigenvalue weighted by molar-refractivity contribution is -0.130. The predicted octanol–water partition coefficient (Wildman–Crippen LogP) is 3.24. The van der Waals surface area contributed by atoms with Crippen molar-refractivity contribution < 1.29 is 18.8 Å². The molecule has 0 aromatic heterocycles. The Bertz CT molecular complexity index is 1050. The van der Waals surface area contributed by atoms with Gasteiger partial charge >= 0.3 is 0 Å². The SMILES string of the molecule is CC(C)=CC(=O)N1N=Cc2cccc(F)c2C12C(=O)c1ccccc1C2=O. The maximum atomic E-state index is 14.9. The molecule has 0 bridgehead atoms. The molecule has 0 fully saturated rings. The number of fused-ring (bicyclic) bond motifs is 3. The Balaban J connectivity index is 2.07. The Labute approximate surface area is 154 Å². The molecular formula is C21H15FN2O3. The molecule has 0 saturated carbocycles. The maximum absolute atomic E-state index is 14.9. The van der Waals surface area contributed by atoms with E-state index in [0.717, 1.165) is 5.01 Å². The summed E-state index contributed by atoms with van der Waals surface area (Å²) >= 11 is 0. The van der Waals surface area contributed by atoms with Gasteiger partial charge in [0.05, 0.1) is 6.21 Å². The number of nitrogens with zero attached hydrogens (tertiary/aromatic N) is 2.